The molecule has 2 rings (SSSR count). The van der Waals surface area contributed by atoms with Gasteiger partial charge in [0.05, 0.1) is 11.7 Å². The quantitative estimate of drug-likeness (QED) is 0.866. The summed E-state index contributed by atoms with van der Waals surface area (Å²) >= 11 is 1.96. The van der Waals surface area contributed by atoms with Crippen LogP contribution < -0.4 is 10.6 Å². The van der Waals surface area contributed by atoms with E-state index in [2.05, 4.69) is 22.7 Å². The van der Waals surface area contributed by atoms with Gasteiger partial charge in [0.1, 0.15) is 5.76 Å². The van der Waals surface area contributed by atoms with Crippen LogP contribution in [0.3, 0.4) is 0 Å². The van der Waals surface area contributed by atoms with Crippen molar-refractivity contribution >= 4 is 17.8 Å². The second-order valence-electron chi connectivity index (χ2n) is 5.96. The first-order valence-electron chi connectivity index (χ1n) is 8.14. The van der Waals surface area contributed by atoms with Gasteiger partial charge in [0.15, 0.2) is 0 Å². The van der Waals surface area contributed by atoms with Crippen molar-refractivity contribution in [2.75, 3.05) is 5.75 Å². The van der Waals surface area contributed by atoms with Crippen molar-refractivity contribution in [3.63, 3.8) is 0 Å². The standard InChI is InChI=1S/C16H27N3O2S/c1-5-22-14-9-7-6-8-13(14)18-16(20)17-10(2)15-11(3)19-21-12(15)4/h10,13-14H,5-9H2,1-4H3,(H2,17,18,20)/t10-,13+,14-/m1/s1. The molecule has 124 valence electrons. The van der Waals surface area contributed by atoms with Gasteiger partial charge in [-0.1, -0.05) is 24.9 Å². The molecule has 0 aliphatic heterocycles. The molecule has 1 aliphatic carbocycles. The van der Waals surface area contributed by atoms with Crippen molar-refractivity contribution in [3.05, 3.63) is 17.0 Å². The second-order valence-corrected chi connectivity index (χ2v) is 7.48. The molecule has 1 heterocycles. The van der Waals surface area contributed by atoms with Crippen LogP contribution in [0.4, 0.5) is 4.79 Å². The number of amides is 2. The van der Waals surface area contributed by atoms with Gasteiger partial charge in [0.25, 0.3) is 0 Å². The lowest BCUT2D eigenvalue weighted by Gasteiger charge is -2.32. The zero-order chi connectivity index (χ0) is 16.1. The van der Waals surface area contributed by atoms with Gasteiger partial charge in [-0.2, -0.15) is 11.8 Å². The van der Waals surface area contributed by atoms with E-state index in [1.807, 2.05) is 32.5 Å². The Morgan fingerprint density at radius 1 is 1.41 bits per heavy atom. The van der Waals surface area contributed by atoms with Gasteiger partial charge in [-0.15, -0.1) is 0 Å². The van der Waals surface area contributed by atoms with Gasteiger partial charge in [-0.3, -0.25) is 0 Å². The predicted molar refractivity (Wildman–Crippen MR) is 90.2 cm³/mol. The molecule has 0 saturated heterocycles. The van der Waals surface area contributed by atoms with Gasteiger partial charge in [-0.05, 0) is 39.4 Å². The molecule has 1 aliphatic rings. The van der Waals surface area contributed by atoms with E-state index in [0.717, 1.165) is 29.2 Å². The number of nitrogens with one attached hydrogen (secondary N) is 2. The third kappa shape index (κ3) is 4.18. The number of thioether (sulfide) groups is 1. The Labute approximate surface area is 137 Å². The maximum absolute atomic E-state index is 12.3. The molecule has 1 aromatic heterocycles. The number of carbonyl (C=O) groups is 1. The maximum atomic E-state index is 12.3. The Hall–Kier alpha value is -1.17. The number of hydrogen-bond acceptors (Lipinski definition) is 4. The fourth-order valence-corrected chi connectivity index (χ4v) is 4.46. The van der Waals surface area contributed by atoms with Crippen molar-refractivity contribution in [2.24, 2.45) is 0 Å². The van der Waals surface area contributed by atoms with Gasteiger partial charge < -0.3 is 15.2 Å². The summed E-state index contributed by atoms with van der Waals surface area (Å²) in [6, 6.07) is 0.0730. The van der Waals surface area contributed by atoms with Crippen LogP contribution in [0.1, 0.15) is 62.6 Å². The monoisotopic (exact) mass is 325 g/mol. The number of nitrogens with zero attached hydrogens (tertiary/aromatic N) is 1. The smallest absolute Gasteiger partial charge is 0.315 e. The number of rotatable bonds is 5. The Bertz CT molecular complexity index is 482. The van der Waals surface area contributed by atoms with Crippen molar-refractivity contribution < 1.29 is 9.32 Å². The lowest BCUT2D eigenvalue weighted by molar-refractivity contribution is 0.230. The van der Waals surface area contributed by atoms with E-state index in [4.69, 9.17) is 4.52 Å². The van der Waals surface area contributed by atoms with Crippen molar-refractivity contribution in [1.29, 1.82) is 0 Å². The van der Waals surface area contributed by atoms with E-state index >= 15 is 0 Å². The molecular weight excluding hydrogens is 298 g/mol. The van der Waals surface area contributed by atoms with Crippen LogP contribution in [0.2, 0.25) is 0 Å². The van der Waals surface area contributed by atoms with Crippen LogP contribution in [0.25, 0.3) is 0 Å². The molecule has 0 radical (unpaired) electrons. The SMILES string of the molecule is CCS[C@@H]1CCCC[C@@H]1NC(=O)N[C@H](C)c1c(C)noc1C. The minimum Gasteiger partial charge on any atom is -0.361 e. The number of aryl methyl sites for hydroxylation is 2. The maximum Gasteiger partial charge on any atom is 0.315 e. The number of hydrogen-bond donors (Lipinski definition) is 2. The molecule has 1 aromatic rings. The van der Waals surface area contributed by atoms with Crippen LogP contribution in [0.5, 0.6) is 0 Å². The molecule has 6 heteroatoms. The predicted octanol–water partition coefficient (Wildman–Crippen LogP) is 3.72. The summed E-state index contributed by atoms with van der Waals surface area (Å²) < 4.78 is 5.17. The van der Waals surface area contributed by atoms with Crippen LogP contribution in [0, 0.1) is 13.8 Å². The van der Waals surface area contributed by atoms with Crippen molar-refractivity contribution in [2.45, 2.75) is 70.7 Å². The zero-order valence-corrected chi connectivity index (χ0v) is 14.8. The van der Waals surface area contributed by atoms with Crippen LogP contribution in [-0.4, -0.2) is 28.2 Å². The van der Waals surface area contributed by atoms with Gasteiger partial charge >= 0.3 is 6.03 Å². The fraction of sp³-hybridized carbons (Fsp3) is 0.750. The van der Waals surface area contributed by atoms with Gasteiger partial charge in [-0.25, -0.2) is 4.79 Å². The average molecular weight is 325 g/mol. The third-order valence-electron chi connectivity index (χ3n) is 4.27. The summed E-state index contributed by atoms with van der Waals surface area (Å²) in [6.07, 6.45) is 4.74. The summed E-state index contributed by atoms with van der Waals surface area (Å²) in [5.41, 5.74) is 1.81. The molecule has 0 spiro atoms. The Morgan fingerprint density at radius 3 is 2.77 bits per heavy atom. The average Bonchev–Trinajstić information content (AvgIpc) is 2.80. The molecule has 5 nitrogen and oxygen atoms in total. The van der Waals surface area contributed by atoms with E-state index in [1.54, 1.807) is 0 Å². The van der Waals surface area contributed by atoms with E-state index in [9.17, 15) is 4.79 Å². The van der Waals surface area contributed by atoms with E-state index in [0.29, 0.717) is 5.25 Å². The number of urea groups is 1. The summed E-state index contributed by atoms with van der Waals surface area (Å²) in [5, 5.41) is 10.7. The summed E-state index contributed by atoms with van der Waals surface area (Å²) in [6.45, 7) is 7.92. The molecule has 0 bridgehead atoms. The number of carbonyl (C=O) groups excluding carboxylic acids is 1. The lowest BCUT2D eigenvalue weighted by atomic mass is 9.95. The fourth-order valence-electron chi connectivity index (χ4n) is 3.26. The first-order valence-corrected chi connectivity index (χ1v) is 9.19. The highest BCUT2D eigenvalue weighted by molar-refractivity contribution is 7.99. The van der Waals surface area contributed by atoms with Crippen molar-refractivity contribution in [3.8, 4) is 0 Å². The second kappa shape index (κ2) is 7.90. The van der Waals surface area contributed by atoms with Crippen molar-refractivity contribution in [1.82, 2.24) is 15.8 Å². The highest BCUT2D eigenvalue weighted by Gasteiger charge is 2.27. The molecule has 2 N–H and O–H groups in total. The molecule has 1 fully saturated rings. The Morgan fingerprint density at radius 2 is 2.14 bits per heavy atom. The lowest BCUT2D eigenvalue weighted by Crippen LogP contribution is -2.48. The van der Waals surface area contributed by atoms with Gasteiger partial charge in [0.2, 0.25) is 0 Å². The molecule has 1 saturated carbocycles. The summed E-state index contributed by atoms with van der Waals surface area (Å²) in [7, 11) is 0. The van der Waals surface area contributed by atoms with E-state index in [-0.39, 0.29) is 18.1 Å². The van der Waals surface area contributed by atoms with E-state index < -0.39 is 0 Å². The minimum absolute atomic E-state index is 0.0962. The molecular formula is C16H27N3O2S. The third-order valence-corrected chi connectivity index (χ3v) is 5.59. The van der Waals surface area contributed by atoms with Gasteiger partial charge in [0, 0.05) is 16.9 Å². The first-order chi connectivity index (χ1) is 10.5. The van der Waals surface area contributed by atoms with Crippen LogP contribution in [-0.2, 0) is 0 Å². The number of aromatic nitrogens is 1. The van der Waals surface area contributed by atoms with Crippen LogP contribution >= 0.6 is 11.8 Å². The largest absolute Gasteiger partial charge is 0.361 e. The Kier molecular flexibility index (Phi) is 6.17. The molecule has 22 heavy (non-hydrogen) atoms. The normalized spacial score (nSPS) is 23.1. The minimum atomic E-state index is -0.105. The first kappa shape index (κ1) is 17.2. The highest BCUT2D eigenvalue weighted by Crippen LogP contribution is 2.28. The topological polar surface area (TPSA) is 67.2 Å². The summed E-state index contributed by atoms with van der Waals surface area (Å²) in [5.74, 6) is 1.86. The zero-order valence-electron chi connectivity index (χ0n) is 13.9. The molecule has 2 amide bonds. The molecule has 3 atom stereocenters. The summed E-state index contributed by atoms with van der Waals surface area (Å²) in [4.78, 5) is 12.3. The highest BCUT2D eigenvalue weighted by atomic mass is 32.2. The molecule has 0 unspecified atom stereocenters. The van der Waals surface area contributed by atoms with Crippen LogP contribution in [0.15, 0.2) is 4.52 Å². The Balaban J connectivity index is 1.91. The molecule has 0 aromatic carbocycles. The van der Waals surface area contributed by atoms with E-state index in [1.165, 1.54) is 19.3 Å².